The fraction of sp³-hybridized carbons (Fsp3) is 0.519. The average Bonchev–Trinajstić information content (AvgIpc) is 2.98. The highest BCUT2D eigenvalue weighted by atomic mass is 16.3. The molecule has 0 aliphatic heterocycles. The Morgan fingerprint density at radius 1 is 1.20 bits per heavy atom. The van der Waals surface area contributed by atoms with Gasteiger partial charge in [0.1, 0.15) is 11.4 Å². The predicted molar refractivity (Wildman–Crippen MR) is 120 cm³/mol. The van der Waals surface area contributed by atoms with E-state index in [9.17, 15) is 9.90 Å². The van der Waals surface area contributed by atoms with E-state index in [1.807, 2.05) is 19.1 Å². The molecule has 0 saturated heterocycles. The van der Waals surface area contributed by atoms with E-state index >= 15 is 0 Å². The fourth-order valence-electron chi connectivity index (χ4n) is 7.04. The van der Waals surface area contributed by atoms with E-state index in [-0.39, 0.29) is 11.3 Å². The number of carbonyl (C=O) groups excluding carboxylic acids is 1. The number of anilines is 1. The van der Waals surface area contributed by atoms with Crippen molar-refractivity contribution in [3.63, 3.8) is 0 Å². The molecule has 3 heteroatoms. The van der Waals surface area contributed by atoms with Crippen LogP contribution in [0.1, 0.15) is 70.3 Å². The molecule has 30 heavy (non-hydrogen) atoms. The maximum absolute atomic E-state index is 12.1. The minimum Gasteiger partial charge on any atom is -0.399 e. The van der Waals surface area contributed by atoms with Gasteiger partial charge in [-0.1, -0.05) is 36.6 Å². The summed E-state index contributed by atoms with van der Waals surface area (Å²) in [6, 6.07) is 8.28. The molecule has 3 nitrogen and oxygen atoms in total. The van der Waals surface area contributed by atoms with Crippen LogP contribution in [0.25, 0.3) is 0 Å². The average molecular weight is 402 g/mol. The third-order valence-electron chi connectivity index (χ3n) is 8.54. The van der Waals surface area contributed by atoms with E-state index in [1.54, 1.807) is 5.57 Å². The lowest BCUT2D eigenvalue weighted by Gasteiger charge is -2.53. The van der Waals surface area contributed by atoms with Crippen LogP contribution >= 0.6 is 0 Å². The molecule has 0 heterocycles. The topological polar surface area (TPSA) is 63.3 Å². The Morgan fingerprint density at radius 2 is 1.97 bits per heavy atom. The van der Waals surface area contributed by atoms with Gasteiger partial charge in [-0.3, -0.25) is 4.79 Å². The number of nitrogens with two attached hydrogens (primary N) is 1. The van der Waals surface area contributed by atoms with E-state index in [2.05, 4.69) is 37.0 Å². The summed E-state index contributed by atoms with van der Waals surface area (Å²) >= 11 is 0. The van der Waals surface area contributed by atoms with Gasteiger partial charge in [-0.2, -0.15) is 0 Å². The SMILES string of the molecule is CC#C[C@]1(O)CCC2C3CC=C4CC(=O)CCC4=C3C(c3ccc(N)cc3)C[C@@]21C. The Bertz CT molecular complexity index is 1020. The second-order valence-electron chi connectivity index (χ2n) is 9.94. The molecule has 0 aromatic heterocycles. The molecule has 156 valence electrons. The van der Waals surface area contributed by atoms with Crippen molar-refractivity contribution in [2.45, 2.75) is 70.3 Å². The summed E-state index contributed by atoms with van der Waals surface area (Å²) in [6.07, 6.45) is 8.07. The lowest BCUT2D eigenvalue weighted by Crippen LogP contribution is -2.50. The van der Waals surface area contributed by atoms with Gasteiger partial charge in [0.05, 0.1) is 0 Å². The Kier molecular flexibility index (Phi) is 4.49. The quantitative estimate of drug-likeness (QED) is 0.518. The molecular weight excluding hydrogens is 370 g/mol. The standard InChI is InChI=1S/C27H31NO2/c1-3-13-27(30)14-12-24-22-10-6-18-15-20(29)9-11-21(18)25(22)23(16-26(24,27)2)17-4-7-19(28)8-5-17/h4-8,22-24,30H,9-12,14-16,28H2,1-2H3/t22?,23?,24?,26-,27-/m0/s1. The number of Topliss-reactive ketones (excluding diaryl/α,β-unsaturated/α-hetero) is 1. The molecule has 0 amide bonds. The first-order valence-electron chi connectivity index (χ1n) is 11.3. The highest BCUT2D eigenvalue weighted by Crippen LogP contribution is 2.66. The highest BCUT2D eigenvalue weighted by molar-refractivity contribution is 5.84. The van der Waals surface area contributed by atoms with Crippen LogP contribution in [0.5, 0.6) is 0 Å². The first-order valence-corrected chi connectivity index (χ1v) is 11.3. The molecule has 4 aliphatic rings. The third kappa shape index (κ3) is 2.73. The molecule has 3 saturated carbocycles. The van der Waals surface area contributed by atoms with Crippen LogP contribution in [0.2, 0.25) is 0 Å². The summed E-state index contributed by atoms with van der Waals surface area (Å²) in [5.41, 5.74) is 11.1. The largest absolute Gasteiger partial charge is 0.399 e. The van der Waals surface area contributed by atoms with Gasteiger partial charge in [0.25, 0.3) is 0 Å². The zero-order chi connectivity index (χ0) is 21.1. The minimum atomic E-state index is -0.929. The fourth-order valence-corrected chi connectivity index (χ4v) is 7.04. The van der Waals surface area contributed by atoms with E-state index in [0.717, 1.165) is 37.8 Å². The first kappa shape index (κ1) is 19.6. The van der Waals surface area contributed by atoms with Crippen LogP contribution in [-0.4, -0.2) is 16.5 Å². The predicted octanol–water partition coefficient (Wildman–Crippen LogP) is 4.92. The Balaban J connectivity index is 1.67. The number of aliphatic hydroxyl groups is 1. The van der Waals surface area contributed by atoms with E-state index < -0.39 is 5.60 Å². The normalized spacial score (nSPS) is 37.5. The molecule has 3 fully saturated rings. The zero-order valence-electron chi connectivity index (χ0n) is 18.0. The molecule has 0 radical (unpaired) electrons. The molecule has 5 atom stereocenters. The van der Waals surface area contributed by atoms with Crippen LogP contribution in [0.4, 0.5) is 5.69 Å². The third-order valence-corrected chi connectivity index (χ3v) is 8.54. The number of benzene rings is 1. The summed E-state index contributed by atoms with van der Waals surface area (Å²) in [7, 11) is 0. The summed E-state index contributed by atoms with van der Waals surface area (Å²) in [6.45, 7) is 4.10. The molecule has 0 bridgehead atoms. The van der Waals surface area contributed by atoms with Gasteiger partial charge in [-0.25, -0.2) is 0 Å². The van der Waals surface area contributed by atoms with Gasteiger partial charge >= 0.3 is 0 Å². The van der Waals surface area contributed by atoms with Gasteiger partial charge in [-0.05, 0) is 79.7 Å². The Labute approximate surface area is 179 Å². The maximum atomic E-state index is 12.1. The number of hydrogen-bond donors (Lipinski definition) is 2. The van der Waals surface area contributed by atoms with Crippen LogP contribution in [0.15, 0.2) is 47.1 Å². The lowest BCUT2D eigenvalue weighted by atomic mass is 9.51. The lowest BCUT2D eigenvalue weighted by molar-refractivity contribution is -0.118. The van der Waals surface area contributed by atoms with Gasteiger partial charge in [0.2, 0.25) is 0 Å². The van der Waals surface area contributed by atoms with Gasteiger partial charge < -0.3 is 10.8 Å². The van der Waals surface area contributed by atoms with Gasteiger partial charge in [0.15, 0.2) is 0 Å². The van der Waals surface area contributed by atoms with Crippen LogP contribution < -0.4 is 5.73 Å². The Hall–Kier alpha value is -2.31. The monoisotopic (exact) mass is 401 g/mol. The molecule has 1 aromatic carbocycles. The smallest absolute Gasteiger partial charge is 0.137 e. The Morgan fingerprint density at radius 3 is 2.70 bits per heavy atom. The molecule has 0 spiro atoms. The highest BCUT2D eigenvalue weighted by Gasteiger charge is 2.62. The summed E-state index contributed by atoms with van der Waals surface area (Å²) in [5, 5.41) is 11.6. The van der Waals surface area contributed by atoms with E-state index in [4.69, 9.17) is 5.73 Å². The number of ketones is 1. The van der Waals surface area contributed by atoms with Crippen molar-refractivity contribution >= 4 is 11.5 Å². The number of rotatable bonds is 1. The second-order valence-corrected chi connectivity index (χ2v) is 9.94. The van der Waals surface area contributed by atoms with Crippen LogP contribution in [0, 0.1) is 29.1 Å². The van der Waals surface area contributed by atoms with Crippen molar-refractivity contribution in [3.05, 3.63) is 52.6 Å². The summed E-state index contributed by atoms with van der Waals surface area (Å²) < 4.78 is 0. The molecular formula is C27H31NO2. The second kappa shape index (κ2) is 6.86. The molecule has 3 unspecified atom stereocenters. The number of allylic oxidation sites excluding steroid dienone is 4. The molecule has 4 aliphatic carbocycles. The maximum Gasteiger partial charge on any atom is 0.137 e. The number of carbonyl (C=O) groups is 1. The van der Waals surface area contributed by atoms with Crippen molar-refractivity contribution in [1.29, 1.82) is 0 Å². The van der Waals surface area contributed by atoms with Gasteiger partial charge in [0, 0.05) is 29.9 Å². The first-order chi connectivity index (χ1) is 14.4. The minimum absolute atomic E-state index is 0.243. The van der Waals surface area contributed by atoms with Crippen molar-refractivity contribution in [2.75, 3.05) is 5.73 Å². The van der Waals surface area contributed by atoms with Crippen molar-refractivity contribution < 1.29 is 9.90 Å². The molecule has 1 aromatic rings. The van der Waals surface area contributed by atoms with E-state index in [1.165, 1.54) is 16.7 Å². The molecule has 3 N–H and O–H groups in total. The van der Waals surface area contributed by atoms with Crippen molar-refractivity contribution in [3.8, 4) is 11.8 Å². The van der Waals surface area contributed by atoms with Crippen LogP contribution in [-0.2, 0) is 4.79 Å². The van der Waals surface area contributed by atoms with E-state index in [0.29, 0.717) is 30.5 Å². The van der Waals surface area contributed by atoms with Crippen molar-refractivity contribution in [2.24, 2.45) is 17.3 Å². The summed E-state index contributed by atoms with van der Waals surface area (Å²) in [5.74, 6) is 7.67. The summed E-state index contributed by atoms with van der Waals surface area (Å²) in [4.78, 5) is 12.1. The van der Waals surface area contributed by atoms with Crippen molar-refractivity contribution in [1.82, 2.24) is 0 Å². The zero-order valence-corrected chi connectivity index (χ0v) is 18.0. The molecule has 5 rings (SSSR count). The number of fused-ring (bicyclic) bond motifs is 4. The van der Waals surface area contributed by atoms with Crippen LogP contribution in [0.3, 0.4) is 0 Å². The van der Waals surface area contributed by atoms with Gasteiger partial charge in [-0.15, -0.1) is 5.92 Å². The number of nitrogen functional groups attached to an aromatic ring is 1. The number of hydrogen-bond acceptors (Lipinski definition) is 3.